The lowest BCUT2D eigenvalue weighted by molar-refractivity contribution is -0.173. The molecular weight excluding hydrogens is 342 g/mol. The van der Waals surface area contributed by atoms with Gasteiger partial charge in [-0.15, -0.1) is 0 Å². The highest BCUT2D eigenvalue weighted by Crippen LogP contribution is 2.23. The fraction of sp³-hybridized carbons (Fsp3) is 0.824. The van der Waals surface area contributed by atoms with Crippen LogP contribution in [0.15, 0.2) is 0 Å². The van der Waals surface area contributed by atoms with E-state index in [1.165, 1.54) is 19.1 Å². The Hall–Kier alpha value is -2.03. The Morgan fingerprint density at radius 2 is 1.58 bits per heavy atom. The predicted octanol–water partition coefficient (Wildman–Crippen LogP) is 1.91. The van der Waals surface area contributed by atoms with Gasteiger partial charge in [0.25, 0.3) is 5.91 Å². The van der Waals surface area contributed by atoms with Crippen molar-refractivity contribution in [1.82, 2.24) is 15.3 Å². The molecule has 3 amide bonds. The fourth-order valence-electron chi connectivity index (χ4n) is 2.47. The maximum absolute atomic E-state index is 12.5. The number of nitrogens with zero attached hydrogens (tertiary/aromatic N) is 2. The minimum atomic E-state index is -0.797. The van der Waals surface area contributed by atoms with Gasteiger partial charge < -0.3 is 14.8 Å². The highest BCUT2D eigenvalue weighted by atomic mass is 16.7. The molecule has 1 rings (SSSR count). The molecule has 0 aromatic carbocycles. The summed E-state index contributed by atoms with van der Waals surface area (Å²) in [5.74, 6) is -0.396. The number of ether oxygens (including phenoxy) is 2. The molecule has 1 heterocycles. The number of hydrogen-bond donors (Lipinski definition) is 1. The first-order chi connectivity index (χ1) is 11.7. The average Bonchev–Trinajstić information content (AvgIpc) is 2.85. The number of carbonyl (C=O) groups excluding carboxylic acids is 3. The van der Waals surface area contributed by atoms with E-state index in [-0.39, 0.29) is 13.0 Å². The van der Waals surface area contributed by atoms with Crippen LogP contribution in [-0.2, 0) is 19.1 Å². The average molecular weight is 373 g/mol. The van der Waals surface area contributed by atoms with Gasteiger partial charge in [0.2, 0.25) is 0 Å². The molecule has 9 nitrogen and oxygen atoms in total. The Kier molecular flexibility index (Phi) is 6.87. The quantitative estimate of drug-likeness (QED) is 0.759. The van der Waals surface area contributed by atoms with Crippen molar-refractivity contribution >= 4 is 18.1 Å². The number of likely N-dealkylation sites (N-methyl/N-ethyl adjacent to an activating group) is 1. The van der Waals surface area contributed by atoms with Crippen molar-refractivity contribution in [2.75, 3.05) is 20.7 Å². The van der Waals surface area contributed by atoms with Gasteiger partial charge >= 0.3 is 12.2 Å². The zero-order valence-electron chi connectivity index (χ0n) is 16.9. The van der Waals surface area contributed by atoms with Crippen LogP contribution >= 0.6 is 0 Å². The Bertz CT molecular complexity index is 538. The van der Waals surface area contributed by atoms with Crippen LogP contribution in [0.1, 0.15) is 48.0 Å². The van der Waals surface area contributed by atoms with Crippen LogP contribution in [0.25, 0.3) is 0 Å². The van der Waals surface area contributed by atoms with E-state index in [9.17, 15) is 14.4 Å². The van der Waals surface area contributed by atoms with Gasteiger partial charge in [-0.2, -0.15) is 0 Å². The summed E-state index contributed by atoms with van der Waals surface area (Å²) in [6, 6.07) is -1.23. The second-order valence-electron chi connectivity index (χ2n) is 8.25. The molecule has 1 aliphatic rings. The normalized spacial score (nSPS) is 20.5. The second kappa shape index (κ2) is 8.11. The highest BCUT2D eigenvalue weighted by molar-refractivity contribution is 5.86. The SMILES string of the molecule is CON(C)C(=O)[C@@H]1C[C@@H](NC(=O)OC(C)(C)C)CN1C(=O)OC(C)(C)C. The van der Waals surface area contributed by atoms with Crippen LogP contribution in [0.4, 0.5) is 9.59 Å². The van der Waals surface area contributed by atoms with Crippen molar-refractivity contribution in [2.45, 2.75) is 71.2 Å². The van der Waals surface area contributed by atoms with Gasteiger partial charge in [0.1, 0.15) is 17.2 Å². The van der Waals surface area contributed by atoms with Gasteiger partial charge in [0, 0.05) is 13.6 Å². The number of hydrogen-bond acceptors (Lipinski definition) is 6. The van der Waals surface area contributed by atoms with E-state index < -0.39 is 41.4 Å². The molecule has 26 heavy (non-hydrogen) atoms. The number of rotatable bonds is 3. The van der Waals surface area contributed by atoms with Crippen molar-refractivity contribution in [1.29, 1.82) is 0 Å². The molecular formula is C17H31N3O6. The zero-order valence-corrected chi connectivity index (χ0v) is 16.9. The largest absolute Gasteiger partial charge is 0.444 e. The molecule has 0 radical (unpaired) electrons. The van der Waals surface area contributed by atoms with Crippen molar-refractivity contribution in [3.05, 3.63) is 0 Å². The van der Waals surface area contributed by atoms with Crippen molar-refractivity contribution < 1.29 is 28.7 Å². The van der Waals surface area contributed by atoms with Gasteiger partial charge in [0.05, 0.1) is 13.2 Å². The lowest BCUT2D eigenvalue weighted by Crippen LogP contribution is -2.48. The van der Waals surface area contributed by atoms with E-state index in [0.717, 1.165) is 5.06 Å². The maximum Gasteiger partial charge on any atom is 0.411 e. The smallest absolute Gasteiger partial charge is 0.411 e. The molecule has 1 aliphatic heterocycles. The fourth-order valence-corrected chi connectivity index (χ4v) is 2.47. The zero-order chi connectivity index (χ0) is 20.3. The summed E-state index contributed by atoms with van der Waals surface area (Å²) in [6.07, 6.45) is -0.973. The van der Waals surface area contributed by atoms with Crippen molar-refractivity contribution in [3.8, 4) is 0 Å². The van der Waals surface area contributed by atoms with E-state index in [0.29, 0.717) is 0 Å². The number of carbonyl (C=O) groups is 3. The number of amides is 3. The Balaban J connectivity index is 2.89. The number of likely N-dealkylation sites (tertiary alicyclic amines) is 1. The molecule has 0 aromatic rings. The Morgan fingerprint density at radius 3 is 2.04 bits per heavy atom. The van der Waals surface area contributed by atoms with Gasteiger partial charge in [0.15, 0.2) is 0 Å². The molecule has 9 heteroatoms. The van der Waals surface area contributed by atoms with Crippen LogP contribution in [-0.4, -0.2) is 72.0 Å². The molecule has 0 unspecified atom stereocenters. The van der Waals surface area contributed by atoms with Crippen LogP contribution < -0.4 is 5.32 Å². The molecule has 0 aliphatic carbocycles. The molecule has 150 valence electrons. The topological polar surface area (TPSA) is 97.4 Å². The monoisotopic (exact) mass is 373 g/mol. The van der Waals surface area contributed by atoms with Crippen LogP contribution in [0.5, 0.6) is 0 Å². The summed E-state index contributed by atoms with van der Waals surface area (Å²) in [5, 5.41) is 3.76. The van der Waals surface area contributed by atoms with Crippen molar-refractivity contribution in [3.63, 3.8) is 0 Å². The lowest BCUT2D eigenvalue weighted by Gasteiger charge is -2.29. The number of hydroxylamine groups is 2. The van der Waals surface area contributed by atoms with Gasteiger partial charge in [-0.1, -0.05) is 0 Å². The molecule has 0 spiro atoms. The van der Waals surface area contributed by atoms with E-state index in [1.54, 1.807) is 41.5 Å². The second-order valence-corrected chi connectivity index (χ2v) is 8.25. The van der Waals surface area contributed by atoms with Crippen LogP contribution in [0.3, 0.4) is 0 Å². The summed E-state index contributed by atoms with van der Waals surface area (Å²) in [5.41, 5.74) is -1.34. The third-order valence-corrected chi connectivity index (χ3v) is 3.52. The van der Waals surface area contributed by atoms with Gasteiger partial charge in [-0.05, 0) is 48.0 Å². The molecule has 1 fully saturated rings. The summed E-state index contributed by atoms with van der Waals surface area (Å²) in [4.78, 5) is 43.3. The molecule has 1 saturated heterocycles. The minimum Gasteiger partial charge on any atom is -0.444 e. The molecule has 0 aromatic heterocycles. The lowest BCUT2D eigenvalue weighted by atomic mass is 10.1. The summed E-state index contributed by atoms with van der Waals surface area (Å²) >= 11 is 0. The third kappa shape index (κ3) is 6.70. The number of nitrogens with one attached hydrogen (secondary N) is 1. The minimum absolute atomic E-state index is 0.141. The van der Waals surface area contributed by atoms with E-state index in [2.05, 4.69) is 5.32 Å². The Labute approximate surface area is 154 Å². The number of alkyl carbamates (subject to hydrolysis) is 1. The first kappa shape index (κ1) is 22.0. The summed E-state index contributed by atoms with van der Waals surface area (Å²) in [7, 11) is 2.82. The first-order valence-electron chi connectivity index (χ1n) is 8.54. The van der Waals surface area contributed by atoms with Crippen molar-refractivity contribution in [2.24, 2.45) is 0 Å². The standard InChI is InChI=1S/C17H31N3O6/c1-16(2,3)25-14(22)18-11-9-12(13(21)19(7)24-8)20(10-11)15(23)26-17(4,5)6/h11-12H,9-10H2,1-8H3,(H,18,22)/t11-,12+/m1/s1. The molecule has 2 atom stereocenters. The first-order valence-corrected chi connectivity index (χ1v) is 8.54. The summed E-state index contributed by atoms with van der Waals surface area (Å²) < 4.78 is 10.6. The summed E-state index contributed by atoms with van der Waals surface area (Å²) in [6.45, 7) is 10.7. The van der Waals surface area contributed by atoms with Crippen LogP contribution in [0, 0.1) is 0 Å². The van der Waals surface area contributed by atoms with Gasteiger partial charge in [-0.25, -0.2) is 14.7 Å². The third-order valence-electron chi connectivity index (χ3n) is 3.52. The highest BCUT2D eigenvalue weighted by Gasteiger charge is 2.43. The van der Waals surface area contributed by atoms with Gasteiger partial charge in [-0.3, -0.25) is 14.5 Å². The Morgan fingerprint density at radius 1 is 1.04 bits per heavy atom. The maximum atomic E-state index is 12.5. The van der Waals surface area contributed by atoms with Crippen LogP contribution in [0.2, 0.25) is 0 Å². The molecule has 1 N–H and O–H groups in total. The van der Waals surface area contributed by atoms with E-state index in [1.807, 2.05) is 0 Å². The predicted molar refractivity (Wildman–Crippen MR) is 94.3 cm³/mol. The molecule has 0 bridgehead atoms. The molecule has 0 saturated carbocycles. The van der Waals surface area contributed by atoms with E-state index in [4.69, 9.17) is 14.3 Å². The van der Waals surface area contributed by atoms with E-state index >= 15 is 0 Å².